The average molecular weight is 517 g/mol. The van der Waals surface area contributed by atoms with Crippen LogP contribution in [0.4, 0.5) is 31.5 Å². The second kappa shape index (κ2) is 10.6. The van der Waals surface area contributed by atoms with E-state index in [9.17, 15) is 4.39 Å². The lowest BCUT2D eigenvalue weighted by Crippen LogP contribution is -2.37. The van der Waals surface area contributed by atoms with Gasteiger partial charge in [0, 0.05) is 37.4 Å². The Balaban J connectivity index is 1.52. The molecule has 38 heavy (non-hydrogen) atoms. The predicted molar refractivity (Wildman–Crippen MR) is 148 cm³/mol. The monoisotopic (exact) mass is 516 g/mol. The van der Waals surface area contributed by atoms with Crippen LogP contribution in [0.5, 0.6) is 0 Å². The number of nitrogens with zero attached hydrogens (tertiary/aromatic N) is 3. The smallest absolute Gasteiger partial charge is 0.134 e. The molecule has 196 valence electrons. The fourth-order valence-electron chi connectivity index (χ4n) is 5.29. The Morgan fingerprint density at radius 1 is 0.789 bits per heavy atom. The number of rotatable bonds is 5. The summed E-state index contributed by atoms with van der Waals surface area (Å²) in [5, 5.41) is 3.97. The average Bonchev–Trinajstić information content (AvgIpc) is 2.96. The molecular formula is C30H30F2N4O2. The molecule has 2 saturated heterocycles. The largest absolute Gasteiger partial charge is 0.378 e. The first kappa shape index (κ1) is 24.6. The number of nitrogens with one attached hydrogen (secondary N) is 1. The number of hydrogen-bond donors (Lipinski definition) is 1. The van der Waals surface area contributed by atoms with Crippen LogP contribution in [0.1, 0.15) is 5.56 Å². The highest BCUT2D eigenvalue weighted by molar-refractivity contribution is 5.99. The highest BCUT2D eigenvalue weighted by atomic mass is 19.1. The lowest BCUT2D eigenvalue weighted by atomic mass is 10.0. The second-order valence-electron chi connectivity index (χ2n) is 9.60. The van der Waals surface area contributed by atoms with E-state index in [2.05, 4.69) is 33.3 Å². The maximum absolute atomic E-state index is 15.4. The summed E-state index contributed by atoms with van der Waals surface area (Å²) < 4.78 is 41.4. The van der Waals surface area contributed by atoms with Gasteiger partial charge in [-0.15, -0.1) is 0 Å². The molecule has 2 fully saturated rings. The molecule has 1 N–H and O–H groups in total. The molecule has 3 aromatic carbocycles. The van der Waals surface area contributed by atoms with E-state index in [-0.39, 0.29) is 11.6 Å². The van der Waals surface area contributed by atoms with Crippen LogP contribution < -0.4 is 15.1 Å². The van der Waals surface area contributed by atoms with Crippen molar-refractivity contribution >= 4 is 33.7 Å². The van der Waals surface area contributed by atoms with Gasteiger partial charge in [-0.1, -0.05) is 18.2 Å². The summed E-state index contributed by atoms with van der Waals surface area (Å²) in [4.78, 5) is 9.28. The zero-order valence-electron chi connectivity index (χ0n) is 21.3. The number of fused-ring (bicyclic) bond motifs is 1. The topological polar surface area (TPSA) is 49.9 Å². The van der Waals surface area contributed by atoms with Gasteiger partial charge < -0.3 is 24.6 Å². The lowest BCUT2D eigenvalue weighted by molar-refractivity contribution is 0.122. The molecule has 0 amide bonds. The van der Waals surface area contributed by atoms with Gasteiger partial charge in [-0.3, -0.25) is 0 Å². The Hall–Kier alpha value is -3.75. The van der Waals surface area contributed by atoms with Gasteiger partial charge in [0.05, 0.1) is 60.1 Å². The summed E-state index contributed by atoms with van der Waals surface area (Å²) in [5.41, 5.74) is 5.54. The Labute approximate surface area is 220 Å². The van der Waals surface area contributed by atoms with Crippen molar-refractivity contribution in [2.24, 2.45) is 0 Å². The molecule has 0 saturated carbocycles. The molecule has 2 aliphatic rings. The molecule has 0 radical (unpaired) electrons. The summed E-state index contributed by atoms with van der Waals surface area (Å²) >= 11 is 0. The molecule has 0 atom stereocenters. The molecule has 1 aromatic heterocycles. The van der Waals surface area contributed by atoms with Gasteiger partial charge in [0.25, 0.3) is 0 Å². The van der Waals surface area contributed by atoms with Crippen molar-refractivity contribution in [2.45, 2.75) is 6.92 Å². The van der Waals surface area contributed by atoms with Crippen molar-refractivity contribution in [1.82, 2.24) is 4.98 Å². The van der Waals surface area contributed by atoms with Crippen molar-refractivity contribution in [3.8, 4) is 11.3 Å². The van der Waals surface area contributed by atoms with Crippen molar-refractivity contribution in [3.05, 3.63) is 77.9 Å². The number of halogens is 2. The lowest BCUT2D eigenvalue weighted by Gasteiger charge is -2.33. The van der Waals surface area contributed by atoms with Crippen LogP contribution in [-0.2, 0) is 9.47 Å². The standard InChI is InChI=1S/C30H30F2N4O2/c1-20-29(22-5-2-3-6-23(22)31)33-25-8-4-7-24(32)28(25)30(20)34-26-19-21(35-11-15-37-16-12-35)9-10-27(26)36-13-17-38-18-14-36/h2-10,19H,11-18H2,1H3,(H,33,34). The molecule has 6 nitrogen and oxygen atoms in total. The zero-order valence-corrected chi connectivity index (χ0v) is 21.3. The summed E-state index contributed by atoms with van der Waals surface area (Å²) in [6.07, 6.45) is 0. The third kappa shape index (κ3) is 4.66. The van der Waals surface area contributed by atoms with Crippen molar-refractivity contribution in [2.75, 3.05) is 67.7 Å². The van der Waals surface area contributed by atoms with Gasteiger partial charge in [-0.05, 0) is 55.0 Å². The number of aromatic nitrogens is 1. The minimum absolute atomic E-state index is 0.367. The Bertz CT molecular complexity index is 1470. The van der Waals surface area contributed by atoms with E-state index in [1.165, 1.54) is 12.1 Å². The highest BCUT2D eigenvalue weighted by Gasteiger charge is 2.22. The second-order valence-corrected chi connectivity index (χ2v) is 9.60. The quantitative estimate of drug-likeness (QED) is 0.356. The fourth-order valence-corrected chi connectivity index (χ4v) is 5.29. The van der Waals surface area contributed by atoms with Crippen LogP contribution >= 0.6 is 0 Å². The van der Waals surface area contributed by atoms with Crippen LogP contribution in [0.3, 0.4) is 0 Å². The molecule has 6 rings (SSSR count). The number of hydrogen-bond acceptors (Lipinski definition) is 6. The van der Waals surface area contributed by atoms with Gasteiger partial charge in [-0.25, -0.2) is 13.8 Å². The Kier molecular flexibility index (Phi) is 6.82. The molecule has 0 aliphatic carbocycles. The summed E-state index contributed by atoms with van der Waals surface area (Å²) in [6, 6.07) is 17.8. The molecule has 8 heteroatoms. The van der Waals surface area contributed by atoms with E-state index in [0.29, 0.717) is 59.8 Å². The maximum atomic E-state index is 15.4. The first-order valence-corrected chi connectivity index (χ1v) is 13.0. The van der Waals surface area contributed by atoms with Crippen LogP contribution in [0, 0.1) is 18.6 Å². The first-order valence-electron chi connectivity index (χ1n) is 13.0. The number of morpholine rings is 2. The fraction of sp³-hybridized carbons (Fsp3) is 0.300. The molecule has 2 aliphatic heterocycles. The minimum Gasteiger partial charge on any atom is -0.378 e. The molecule has 0 bridgehead atoms. The van der Waals surface area contributed by atoms with Crippen molar-refractivity contribution < 1.29 is 18.3 Å². The van der Waals surface area contributed by atoms with Gasteiger partial charge in [0.1, 0.15) is 11.6 Å². The van der Waals surface area contributed by atoms with E-state index in [1.807, 2.05) is 6.92 Å². The molecule has 0 unspecified atom stereocenters. The highest BCUT2D eigenvalue weighted by Crippen LogP contribution is 2.40. The predicted octanol–water partition coefficient (Wildman–Crippen LogP) is 5.91. The SMILES string of the molecule is Cc1c(-c2ccccc2F)nc2cccc(F)c2c1Nc1cc(N2CCOCC2)ccc1N1CCOCC1. The van der Waals surface area contributed by atoms with Crippen LogP contribution in [0.25, 0.3) is 22.2 Å². The van der Waals surface area contributed by atoms with E-state index >= 15 is 4.39 Å². The van der Waals surface area contributed by atoms with Crippen molar-refractivity contribution in [1.29, 1.82) is 0 Å². The number of ether oxygens (including phenoxy) is 2. The summed E-state index contributed by atoms with van der Waals surface area (Å²) in [7, 11) is 0. The minimum atomic E-state index is -0.377. The molecule has 3 heterocycles. The first-order chi connectivity index (χ1) is 18.6. The summed E-state index contributed by atoms with van der Waals surface area (Å²) in [6.45, 7) is 7.65. The van der Waals surface area contributed by atoms with E-state index < -0.39 is 0 Å². The molecule has 4 aromatic rings. The molecular weight excluding hydrogens is 486 g/mol. The van der Waals surface area contributed by atoms with E-state index in [4.69, 9.17) is 14.5 Å². The normalized spacial score (nSPS) is 16.2. The Morgan fingerprint density at radius 2 is 1.47 bits per heavy atom. The summed E-state index contributed by atoms with van der Waals surface area (Å²) in [5.74, 6) is -0.744. The zero-order chi connectivity index (χ0) is 26.1. The van der Waals surface area contributed by atoms with Gasteiger partial charge in [0.2, 0.25) is 0 Å². The maximum Gasteiger partial charge on any atom is 0.134 e. The number of benzene rings is 3. The van der Waals surface area contributed by atoms with Gasteiger partial charge >= 0.3 is 0 Å². The van der Waals surface area contributed by atoms with E-state index in [0.717, 1.165) is 43.2 Å². The van der Waals surface area contributed by atoms with Gasteiger partial charge in [0.15, 0.2) is 0 Å². The third-order valence-electron chi connectivity index (χ3n) is 7.30. The molecule has 0 spiro atoms. The Morgan fingerprint density at radius 3 is 2.21 bits per heavy atom. The van der Waals surface area contributed by atoms with E-state index in [1.54, 1.807) is 30.3 Å². The van der Waals surface area contributed by atoms with Gasteiger partial charge in [-0.2, -0.15) is 0 Å². The third-order valence-corrected chi connectivity index (χ3v) is 7.30. The van der Waals surface area contributed by atoms with Crippen LogP contribution in [0.15, 0.2) is 60.7 Å². The van der Waals surface area contributed by atoms with Crippen LogP contribution in [-0.4, -0.2) is 57.6 Å². The van der Waals surface area contributed by atoms with Crippen molar-refractivity contribution in [3.63, 3.8) is 0 Å². The number of anilines is 4. The number of pyridine rings is 1. The van der Waals surface area contributed by atoms with Crippen LogP contribution in [0.2, 0.25) is 0 Å².